The fraction of sp³-hybridized carbons (Fsp3) is 0.600. The van der Waals surface area contributed by atoms with Crippen LogP contribution >= 0.6 is 15.9 Å². The fourth-order valence-corrected chi connectivity index (χ4v) is 2.44. The van der Waals surface area contributed by atoms with Gasteiger partial charge < -0.3 is 9.47 Å². The van der Waals surface area contributed by atoms with E-state index in [1.807, 2.05) is 6.07 Å². The van der Waals surface area contributed by atoms with Crippen LogP contribution in [0.1, 0.15) is 18.4 Å². The third-order valence-electron chi connectivity index (χ3n) is 2.94. The maximum absolute atomic E-state index is 13.1. The van der Waals surface area contributed by atoms with Crippen molar-refractivity contribution in [2.45, 2.75) is 19.3 Å². The van der Waals surface area contributed by atoms with Gasteiger partial charge in [-0.2, -0.15) is 0 Å². The third kappa shape index (κ3) is 7.65. The van der Waals surface area contributed by atoms with Crippen LogP contribution in [0.5, 0.6) is 0 Å². The summed E-state index contributed by atoms with van der Waals surface area (Å²) < 4.78 is 23.6. The molecule has 0 amide bonds. The molecule has 0 saturated heterocycles. The van der Waals surface area contributed by atoms with Gasteiger partial charge in [0, 0.05) is 32.3 Å². The van der Waals surface area contributed by atoms with Crippen molar-refractivity contribution in [2.24, 2.45) is 5.92 Å². The van der Waals surface area contributed by atoms with Crippen molar-refractivity contribution in [2.75, 3.05) is 32.3 Å². The summed E-state index contributed by atoms with van der Waals surface area (Å²) in [5.41, 5.74) is 1.05. The van der Waals surface area contributed by atoms with E-state index in [0.717, 1.165) is 50.0 Å². The SMILES string of the molecule is COCCCOCCC(CBr)Cc1cccc(F)c1. The van der Waals surface area contributed by atoms with Gasteiger partial charge in [0.25, 0.3) is 0 Å². The molecule has 1 aromatic rings. The van der Waals surface area contributed by atoms with Crippen molar-refractivity contribution in [3.8, 4) is 0 Å². The van der Waals surface area contributed by atoms with Crippen LogP contribution in [0, 0.1) is 11.7 Å². The van der Waals surface area contributed by atoms with Gasteiger partial charge in [0.2, 0.25) is 0 Å². The number of benzene rings is 1. The van der Waals surface area contributed by atoms with Gasteiger partial charge in [-0.15, -0.1) is 0 Å². The average Bonchev–Trinajstić information content (AvgIpc) is 2.41. The van der Waals surface area contributed by atoms with E-state index in [0.29, 0.717) is 5.92 Å². The van der Waals surface area contributed by atoms with Crippen molar-refractivity contribution < 1.29 is 13.9 Å². The van der Waals surface area contributed by atoms with Gasteiger partial charge in [0.15, 0.2) is 0 Å². The minimum absolute atomic E-state index is 0.165. The smallest absolute Gasteiger partial charge is 0.123 e. The zero-order chi connectivity index (χ0) is 13.9. The van der Waals surface area contributed by atoms with Crippen LogP contribution in [0.15, 0.2) is 24.3 Å². The Kier molecular flexibility index (Phi) is 9.05. The van der Waals surface area contributed by atoms with E-state index in [4.69, 9.17) is 9.47 Å². The Balaban J connectivity index is 2.22. The molecule has 19 heavy (non-hydrogen) atoms. The molecule has 0 aliphatic rings. The van der Waals surface area contributed by atoms with Crippen LogP contribution in [0.2, 0.25) is 0 Å². The normalized spacial score (nSPS) is 12.6. The summed E-state index contributed by atoms with van der Waals surface area (Å²) in [5, 5.41) is 0.908. The van der Waals surface area contributed by atoms with Crippen molar-refractivity contribution in [3.63, 3.8) is 0 Å². The van der Waals surface area contributed by atoms with E-state index in [-0.39, 0.29) is 5.82 Å². The van der Waals surface area contributed by atoms with E-state index in [9.17, 15) is 4.39 Å². The summed E-state index contributed by atoms with van der Waals surface area (Å²) in [7, 11) is 1.69. The summed E-state index contributed by atoms with van der Waals surface area (Å²) in [6.45, 7) is 2.23. The second-order valence-electron chi connectivity index (χ2n) is 4.60. The van der Waals surface area contributed by atoms with Crippen LogP contribution in [-0.4, -0.2) is 32.3 Å². The summed E-state index contributed by atoms with van der Waals surface area (Å²) in [4.78, 5) is 0. The largest absolute Gasteiger partial charge is 0.385 e. The highest BCUT2D eigenvalue weighted by Gasteiger charge is 2.09. The van der Waals surface area contributed by atoms with Gasteiger partial charge in [0.1, 0.15) is 5.82 Å². The lowest BCUT2D eigenvalue weighted by atomic mass is 9.98. The molecule has 1 atom stereocenters. The number of ether oxygens (including phenoxy) is 2. The number of hydrogen-bond donors (Lipinski definition) is 0. The number of hydrogen-bond acceptors (Lipinski definition) is 2. The zero-order valence-corrected chi connectivity index (χ0v) is 13.0. The second kappa shape index (κ2) is 10.4. The lowest BCUT2D eigenvalue weighted by Gasteiger charge is -2.14. The Morgan fingerprint density at radius 3 is 2.79 bits per heavy atom. The molecule has 0 bridgehead atoms. The lowest BCUT2D eigenvalue weighted by Crippen LogP contribution is -2.11. The van der Waals surface area contributed by atoms with Crippen molar-refractivity contribution in [1.82, 2.24) is 0 Å². The number of halogens is 2. The van der Waals surface area contributed by atoms with Crippen LogP contribution in [-0.2, 0) is 15.9 Å². The Morgan fingerprint density at radius 1 is 1.26 bits per heavy atom. The van der Waals surface area contributed by atoms with Gasteiger partial charge in [-0.3, -0.25) is 0 Å². The average molecular weight is 333 g/mol. The molecule has 0 saturated carbocycles. The Labute approximate surface area is 123 Å². The molecule has 0 aliphatic heterocycles. The van der Waals surface area contributed by atoms with Gasteiger partial charge >= 0.3 is 0 Å². The zero-order valence-electron chi connectivity index (χ0n) is 11.4. The second-order valence-corrected chi connectivity index (χ2v) is 5.25. The highest BCUT2D eigenvalue weighted by molar-refractivity contribution is 9.09. The highest BCUT2D eigenvalue weighted by atomic mass is 79.9. The van der Waals surface area contributed by atoms with Crippen LogP contribution in [0.25, 0.3) is 0 Å². The molecule has 2 nitrogen and oxygen atoms in total. The summed E-state index contributed by atoms with van der Waals surface area (Å²) >= 11 is 3.52. The minimum Gasteiger partial charge on any atom is -0.385 e. The molecule has 1 aromatic carbocycles. The minimum atomic E-state index is -0.165. The topological polar surface area (TPSA) is 18.5 Å². The van der Waals surface area contributed by atoms with E-state index >= 15 is 0 Å². The van der Waals surface area contributed by atoms with Crippen LogP contribution in [0.3, 0.4) is 0 Å². The van der Waals surface area contributed by atoms with Crippen LogP contribution in [0.4, 0.5) is 4.39 Å². The van der Waals surface area contributed by atoms with Crippen LogP contribution < -0.4 is 0 Å². The summed E-state index contributed by atoms with van der Waals surface area (Å²) in [6, 6.07) is 6.82. The standard InChI is InChI=1S/C15H22BrFO2/c1-18-7-3-8-19-9-6-14(12-16)10-13-4-2-5-15(17)11-13/h2,4-5,11,14H,3,6-10,12H2,1H3. The van der Waals surface area contributed by atoms with Gasteiger partial charge in [0.05, 0.1) is 0 Å². The fourth-order valence-electron chi connectivity index (χ4n) is 1.89. The molecule has 0 heterocycles. The molecule has 108 valence electrons. The molecule has 0 radical (unpaired) electrons. The molecule has 0 N–H and O–H groups in total. The first-order chi connectivity index (χ1) is 9.26. The monoisotopic (exact) mass is 332 g/mol. The Bertz CT molecular complexity index is 347. The quantitative estimate of drug-likeness (QED) is 0.479. The first-order valence-electron chi connectivity index (χ1n) is 6.63. The maximum Gasteiger partial charge on any atom is 0.123 e. The summed E-state index contributed by atoms with van der Waals surface area (Å²) in [5.74, 6) is 0.311. The van der Waals surface area contributed by atoms with E-state index in [2.05, 4.69) is 15.9 Å². The van der Waals surface area contributed by atoms with Crippen molar-refractivity contribution >= 4 is 15.9 Å². The predicted octanol–water partition coefficient (Wildman–Crippen LogP) is 3.82. The van der Waals surface area contributed by atoms with E-state index < -0.39 is 0 Å². The van der Waals surface area contributed by atoms with E-state index in [1.165, 1.54) is 6.07 Å². The van der Waals surface area contributed by atoms with Crippen molar-refractivity contribution in [1.29, 1.82) is 0 Å². The third-order valence-corrected chi connectivity index (χ3v) is 3.85. The van der Waals surface area contributed by atoms with Gasteiger partial charge in [-0.1, -0.05) is 28.1 Å². The molecule has 0 aliphatic carbocycles. The molecular weight excluding hydrogens is 311 g/mol. The molecule has 1 unspecified atom stereocenters. The Morgan fingerprint density at radius 2 is 2.11 bits per heavy atom. The Hall–Kier alpha value is -0.450. The van der Waals surface area contributed by atoms with Gasteiger partial charge in [-0.25, -0.2) is 4.39 Å². The lowest BCUT2D eigenvalue weighted by molar-refractivity contribution is 0.0953. The van der Waals surface area contributed by atoms with Crippen molar-refractivity contribution in [3.05, 3.63) is 35.6 Å². The van der Waals surface area contributed by atoms with Gasteiger partial charge in [-0.05, 0) is 42.9 Å². The maximum atomic E-state index is 13.1. The molecular formula is C15H22BrFO2. The predicted molar refractivity (Wildman–Crippen MR) is 79.3 cm³/mol. The molecule has 1 rings (SSSR count). The number of rotatable bonds is 10. The molecule has 4 heteroatoms. The van der Waals surface area contributed by atoms with E-state index in [1.54, 1.807) is 19.2 Å². The number of alkyl halides is 1. The number of methoxy groups -OCH3 is 1. The molecule has 0 aromatic heterocycles. The molecule has 0 fully saturated rings. The first kappa shape index (κ1) is 16.6. The highest BCUT2D eigenvalue weighted by Crippen LogP contribution is 2.16. The first-order valence-corrected chi connectivity index (χ1v) is 7.75. The summed E-state index contributed by atoms with van der Waals surface area (Å²) in [6.07, 6.45) is 2.79. The molecule has 0 spiro atoms.